The summed E-state index contributed by atoms with van der Waals surface area (Å²) in [6.45, 7) is 0. The molecule has 0 bridgehead atoms. The van der Waals surface area contributed by atoms with Crippen molar-refractivity contribution in [2.24, 2.45) is 0 Å². The molecule has 1 aromatic rings. The van der Waals surface area contributed by atoms with Gasteiger partial charge in [-0.25, -0.2) is 0 Å². The third kappa shape index (κ3) is 3.36. The Morgan fingerprint density at radius 1 is 1.36 bits per heavy atom. The van der Waals surface area contributed by atoms with Crippen molar-refractivity contribution in [1.82, 2.24) is 0 Å². The summed E-state index contributed by atoms with van der Waals surface area (Å²) in [5, 5.41) is 0. The third-order valence-corrected chi connectivity index (χ3v) is 1.28. The maximum absolute atomic E-state index is 12.1. The molecular weight excluding hydrogens is 258 g/mol. The molecular formula is C8H6FIO. The number of hydrogen-bond donors (Lipinski definition) is 0. The molecule has 0 fully saturated rings. The molecule has 0 aliphatic rings. The van der Waals surface area contributed by atoms with Crippen LogP contribution in [-0.4, -0.2) is 0 Å². The van der Waals surface area contributed by atoms with Crippen LogP contribution in [-0.2, 0) is 0 Å². The fourth-order valence-corrected chi connectivity index (χ4v) is 0.739. The van der Waals surface area contributed by atoms with Crippen molar-refractivity contribution >= 4 is 22.6 Å². The van der Waals surface area contributed by atoms with Gasteiger partial charge in [0.1, 0.15) is 12.0 Å². The SMILES string of the molecule is F/C(I)=C\Oc1ccccc1. The molecule has 3 heteroatoms. The number of benzene rings is 1. The summed E-state index contributed by atoms with van der Waals surface area (Å²) in [6.07, 6.45) is 1.07. The van der Waals surface area contributed by atoms with Crippen molar-refractivity contribution in [3.63, 3.8) is 0 Å². The minimum atomic E-state index is -0.369. The van der Waals surface area contributed by atoms with E-state index in [2.05, 4.69) is 0 Å². The Balaban J connectivity index is 2.59. The summed E-state index contributed by atoms with van der Waals surface area (Å²) in [7, 11) is 0. The van der Waals surface area contributed by atoms with E-state index >= 15 is 0 Å². The lowest BCUT2D eigenvalue weighted by molar-refractivity contribution is 0.464. The second kappa shape index (κ2) is 4.33. The van der Waals surface area contributed by atoms with Gasteiger partial charge in [-0.3, -0.25) is 0 Å². The molecule has 0 saturated carbocycles. The molecule has 1 aromatic carbocycles. The van der Waals surface area contributed by atoms with E-state index in [4.69, 9.17) is 4.74 Å². The van der Waals surface area contributed by atoms with Crippen molar-refractivity contribution in [2.45, 2.75) is 0 Å². The first-order chi connectivity index (χ1) is 5.29. The van der Waals surface area contributed by atoms with E-state index in [1.807, 2.05) is 18.2 Å². The molecule has 1 rings (SSSR count). The number of halogens is 2. The van der Waals surface area contributed by atoms with Crippen LogP contribution in [0.1, 0.15) is 0 Å². The van der Waals surface area contributed by atoms with Crippen LogP contribution < -0.4 is 4.74 Å². The summed E-state index contributed by atoms with van der Waals surface area (Å²) in [4.78, 5) is 0. The lowest BCUT2D eigenvalue weighted by Crippen LogP contribution is -1.79. The van der Waals surface area contributed by atoms with Crippen LogP contribution in [0.5, 0.6) is 5.75 Å². The second-order valence-corrected chi connectivity index (χ2v) is 2.87. The normalized spacial score (nSPS) is 11.3. The van der Waals surface area contributed by atoms with Crippen molar-refractivity contribution < 1.29 is 9.13 Å². The molecule has 0 atom stereocenters. The molecule has 0 spiro atoms. The van der Waals surface area contributed by atoms with Crippen LogP contribution in [0.2, 0.25) is 0 Å². The van der Waals surface area contributed by atoms with Crippen molar-refractivity contribution in [3.8, 4) is 5.75 Å². The first kappa shape index (κ1) is 8.52. The minimum absolute atomic E-state index is 0.369. The van der Waals surface area contributed by atoms with Crippen LogP contribution in [0.3, 0.4) is 0 Å². The van der Waals surface area contributed by atoms with E-state index in [-0.39, 0.29) is 3.83 Å². The highest BCUT2D eigenvalue weighted by Gasteiger charge is 1.88. The fraction of sp³-hybridized carbons (Fsp3) is 0. The first-order valence-corrected chi connectivity index (χ1v) is 4.10. The Bertz CT molecular complexity index is 242. The zero-order chi connectivity index (χ0) is 8.10. The van der Waals surface area contributed by atoms with Crippen LogP contribution in [0, 0.1) is 0 Å². The van der Waals surface area contributed by atoms with E-state index in [1.54, 1.807) is 12.1 Å². The predicted molar refractivity (Wildman–Crippen MR) is 50.3 cm³/mol. The molecule has 0 N–H and O–H groups in total. The molecule has 1 nitrogen and oxygen atoms in total. The molecule has 0 radical (unpaired) electrons. The van der Waals surface area contributed by atoms with Gasteiger partial charge in [0.2, 0.25) is 0 Å². The van der Waals surface area contributed by atoms with Gasteiger partial charge in [-0.15, -0.1) is 0 Å². The highest BCUT2D eigenvalue weighted by molar-refractivity contribution is 14.1. The Morgan fingerprint density at radius 2 is 2.00 bits per heavy atom. The van der Waals surface area contributed by atoms with E-state index < -0.39 is 0 Å². The van der Waals surface area contributed by atoms with E-state index in [0.717, 1.165) is 6.26 Å². The molecule has 0 aromatic heterocycles. The molecule has 0 amide bonds. The number of ether oxygens (including phenoxy) is 1. The average Bonchev–Trinajstić information content (AvgIpc) is 2.03. The largest absolute Gasteiger partial charge is 0.461 e. The number of rotatable bonds is 2. The highest BCUT2D eigenvalue weighted by Crippen LogP contribution is 2.12. The van der Waals surface area contributed by atoms with Crippen LogP contribution >= 0.6 is 22.6 Å². The topological polar surface area (TPSA) is 9.23 Å². The first-order valence-electron chi connectivity index (χ1n) is 3.02. The lowest BCUT2D eigenvalue weighted by atomic mass is 10.3. The molecule has 58 valence electrons. The molecule has 0 aliphatic heterocycles. The van der Waals surface area contributed by atoms with E-state index in [1.165, 1.54) is 22.6 Å². The predicted octanol–water partition coefficient (Wildman–Crippen LogP) is 3.27. The monoisotopic (exact) mass is 264 g/mol. The molecule has 0 unspecified atom stereocenters. The maximum Gasteiger partial charge on any atom is 0.195 e. The summed E-state index contributed by atoms with van der Waals surface area (Å²) in [6, 6.07) is 9.05. The summed E-state index contributed by atoms with van der Waals surface area (Å²) in [5.41, 5.74) is 0. The molecule has 0 heterocycles. The molecule has 0 saturated heterocycles. The smallest absolute Gasteiger partial charge is 0.195 e. The van der Waals surface area contributed by atoms with Crippen molar-refractivity contribution in [3.05, 3.63) is 40.4 Å². The molecule has 11 heavy (non-hydrogen) atoms. The summed E-state index contributed by atoms with van der Waals surface area (Å²) >= 11 is 1.54. The maximum atomic E-state index is 12.1. The van der Waals surface area contributed by atoms with Crippen LogP contribution in [0.25, 0.3) is 0 Å². The quantitative estimate of drug-likeness (QED) is 0.588. The third-order valence-electron chi connectivity index (χ3n) is 1.03. The summed E-state index contributed by atoms with van der Waals surface area (Å²) < 4.78 is 16.7. The van der Waals surface area contributed by atoms with Crippen LogP contribution in [0.4, 0.5) is 4.39 Å². The van der Waals surface area contributed by atoms with Gasteiger partial charge in [0.15, 0.2) is 3.83 Å². The van der Waals surface area contributed by atoms with Gasteiger partial charge in [0, 0.05) is 0 Å². The Kier molecular flexibility index (Phi) is 3.35. The van der Waals surface area contributed by atoms with Gasteiger partial charge in [0.25, 0.3) is 0 Å². The Hall–Kier alpha value is -0.580. The Morgan fingerprint density at radius 3 is 2.55 bits per heavy atom. The minimum Gasteiger partial charge on any atom is -0.461 e. The lowest BCUT2D eigenvalue weighted by Gasteiger charge is -1.96. The number of hydrogen-bond acceptors (Lipinski definition) is 1. The Labute approximate surface area is 78.0 Å². The number of para-hydroxylation sites is 1. The fourth-order valence-electron chi connectivity index (χ4n) is 0.612. The zero-order valence-corrected chi connectivity index (χ0v) is 7.79. The average molecular weight is 264 g/mol. The standard InChI is InChI=1S/C8H6FIO/c9-8(10)6-11-7-4-2-1-3-5-7/h1-6H/b8-6+. The van der Waals surface area contributed by atoms with Gasteiger partial charge in [-0.05, 0) is 34.7 Å². The van der Waals surface area contributed by atoms with Gasteiger partial charge < -0.3 is 4.74 Å². The second-order valence-electron chi connectivity index (χ2n) is 1.84. The van der Waals surface area contributed by atoms with Gasteiger partial charge >= 0.3 is 0 Å². The van der Waals surface area contributed by atoms with Crippen molar-refractivity contribution in [1.29, 1.82) is 0 Å². The van der Waals surface area contributed by atoms with E-state index in [0.29, 0.717) is 5.75 Å². The van der Waals surface area contributed by atoms with Crippen LogP contribution in [0.15, 0.2) is 40.4 Å². The van der Waals surface area contributed by atoms with Gasteiger partial charge in [-0.1, -0.05) is 18.2 Å². The summed E-state index contributed by atoms with van der Waals surface area (Å²) in [5.74, 6) is 0.638. The van der Waals surface area contributed by atoms with Crippen molar-refractivity contribution in [2.75, 3.05) is 0 Å². The zero-order valence-electron chi connectivity index (χ0n) is 5.63. The molecule has 0 aliphatic carbocycles. The van der Waals surface area contributed by atoms with E-state index in [9.17, 15) is 4.39 Å². The van der Waals surface area contributed by atoms with Gasteiger partial charge in [0.05, 0.1) is 0 Å². The van der Waals surface area contributed by atoms with Gasteiger partial charge in [-0.2, -0.15) is 4.39 Å². The highest BCUT2D eigenvalue weighted by atomic mass is 127.